The first kappa shape index (κ1) is 22.3. The molecule has 1 amide bonds. The van der Waals surface area contributed by atoms with Gasteiger partial charge in [-0.05, 0) is 13.8 Å². The molecule has 4 nitrogen and oxygen atoms in total. The molecule has 0 radical (unpaired) electrons. The Morgan fingerprint density at radius 1 is 1.10 bits per heavy atom. The fraction of sp³-hybridized carbons (Fsp3) is 0.360. The number of amides is 1. The second-order valence-corrected chi connectivity index (χ2v) is 10.5. The van der Waals surface area contributed by atoms with E-state index < -0.39 is 0 Å². The van der Waals surface area contributed by atoms with Crippen LogP contribution in [0.2, 0.25) is 5.32 Å². The summed E-state index contributed by atoms with van der Waals surface area (Å²) in [5.74, 6) is 0.0675. The standard InChI is InChI=1S/C25H30N2O2Se/c1-5-10-27(23(28)14-19-8-7-9-22(13-19)30-6-2)16-21-15-20-12-17(3)11-18(4)24(20)26-25(21)29/h7-9,11-13,15H,5-6,10,14,16H2,1-4H3,(H,26,29). The second-order valence-electron chi connectivity index (χ2n) is 7.74. The molecule has 1 aromatic heterocycles. The summed E-state index contributed by atoms with van der Waals surface area (Å²) in [5.41, 5.74) is 4.66. The number of benzene rings is 2. The number of nitrogens with zero attached hydrogens (tertiary/aromatic N) is 1. The van der Waals surface area contributed by atoms with Crippen LogP contribution in [0.5, 0.6) is 0 Å². The number of H-pyrrole nitrogens is 1. The van der Waals surface area contributed by atoms with E-state index in [1.165, 1.54) is 4.46 Å². The Morgan fingerprint density at radius 2 is 1.90 bits per heavy atom. The zero-order chi connectivity index (χ0) is 21.7. The first-order valence-electron chi connectivity index (χ1n) is 10.5. The number of carbonyl (C=O) groups is 1. The van der Waals surface area contributed by atoms with Gasteiger partial charge in [0.05, 0.1) is 0 Å². The number of aryl methyl sites for hydroxylation is 2. The molecule has 1 heterocycles. The maximum absolute atomic E-state index is 13.1. The van der Waals surface area contributed by atoms with E-state index in [1.54, 1.807) is 0 Å². The molecule has 1 N–H and O–H groups in total. The third-order valence-electron chi connectivity index (χ3n) is 5.14. The van der Waals surface area contributed by atoms with Gasteiger partial charge in [0, 0.05) is 0 Å². The van der Waals surface area contributed by atoms with Crippen molar-refractivity contribution in [3.05, 3.63) is 75.1 Å². The van der Waals surface area contributed by atoms with Gasteiger partial charge in [-0.25, -0.2) is 0 Å². The van der Waals surface area contributed by atoms with Crippen molar-refractivity contribution in [1.29, 1.82) is 0 Å². The molecular formula is C25H30N2O2Se. The maximum atomic E-state index is 13.1. The number of aromatic amines is 1. The minimum absolute atomic E-state index is 0.0675. The molecule has 0 atom stereocenters. The van der Waals surface area contributed by atoms with E-state index in [9.17, 15) is 9.59 Å². The predicted molar refractivity (Wildman–Crippen MR) is 126 cm³/mol. The average molecular weight is 469 g/mol. The molecule has 0 unspecified atom stereocenters. The monoisotopic (exact) mass is 470 g/mol. The predicted octanol–water partition coefficient (Wildman–Crippen LogP) is 3.89. The van der Waals surface area contributed by atoms with E-state index in [4.69, 9.17) is 0 Å². The zero-order valence-corrected chi connectivity index (χ0v) is 20.0. The molecule has 0 spiro atoms. The summed E-state index contributed by atoms with van der Waals surface area (Å²) in [7, 11) is 0. The molecule has 3 rings (SSSR count). The summed E-state index contributed by atoms with van der Waals surface area (Å²) < 4.78 is 1.33. The van der Waals surface area contributed by atoms with E-state index in [1.807, 2.05) is 30.0 Å². The molecule has 158 valence electrons. The SMILES string of the molecule is CCCN(Cc1cc2cc(C)cc(C)c2[nH]c1=O)C(=O)Cc1cccc([Se]CC)c1. The van der Waals surface area contributed by atoms with E-state index in [0.717, 1.165) is 39.3 Å². The van der Waals surface area contributed by atoms with Crippen molar-refractivity contribution in [3.8, 4) is 0 Å². The Labute approximate surface area is 184 Å². The van der Waals surface area contributed by atoms with Crippen molar-refractivity contribution in [1.82, 2.24) is 9.88 Å². The van der Waals surface area contributed by atoms with Gasteiger partial charge in [-0.3, -0.25) is 0 Å². The number of pyridine rings is 1. The first-order chi connectivity index (χ1) is 14.4. The average Bonchev–Trinajstić information content (AvgIpc) is 2.69. The van der Waals surface area contributed by atoms with Gasteiger partial charge in [0.15, 0.2) is 0 Å². The van der Waals surface area contributed by atoms with Crippen molar-refractivity contribution in [2.75, 3.05) is 6.54 Å². The van der Waals surface area contributed by atoms with Gasteiger partial charge >= 0.3 is 165 Å². The summed E-state index contributed by atoms with van der Waals surface area (Å²) in [6.07, 6.45) is 1.23. The van der Waals surface area contributed by atoms with Gasteiger partial charge in [0.25, 0.3) is 0 Å². The van der Waals surface area contributed by atoms with Gasteiger partial charge in [0.2, 0.25) is 0 Å². The quantitative estimate of drug-likeness (QED) is 0.509. The van der Waals surface area contributed by atoms with Crippen LogP contribution in [0.1, 0.15) is 42.5 Å². The number of hydrogen-bond donors (Lipinski definition) is 1. The number of hydrogen-bond acceptors (Lipinski definition) is 2. The molecule has 0 aliphatic rings. The summed E-state index contributed by atoms with van der Waals surface area (Å²) in [6.45, 7) is 9.28. The van der Waals surface area contributed by atoms with E-state index in [-0.39, 0.29) is 11.5 Å². The van der Waals surface area contributed by atoms with Crippen molar-refractivity contribution >= 4 is 36.2 Å². The molecule has 5 heteroatoms. The number of rotatable bonds is 8. The topological polar surface area (TPSA) is 53.2 Å². The Morgan fingerprint density at radius 3 is 2.63 bits per heavy atom. The van der Waals surface area contributed by atoms with Gasteiger partial charge in [-0.15, -0.1) is 0 Å². The minimum atomic E-state index is -0.115. The van der Waals surface area contributed by atoms with Crippen LogP contribution in [0, 0.1) is 13.8 Å². The van der Waals surface area contributed by atoms with E-state index in [0.29, 0.717) is 40.0 Å². The third-order valence-corrected chi connectivity index (χ3v) is 6.98. The van der Waals surface area contributed by atoms with Crippen LogP contribution in [0.15, 0.2) is 47.3 Å². The van der Waals surface area contributed by atoms with Crippen LogP contribution >= 0.6 is 0 Å². The van der Waals surface area contributed by atoms with Gasteiger partial charge in [-0.2, -0.15) is 0 Å². The molecule has 2 aromatic carbocycles. The van der Waals surface area contributed by atoms with Crippen molar-refractivity contribution in [3.63, 3.8) is 0 Å². The van der Waals surface area contributed by atoms with Gasteiger partial charge < -0.3 is 0 Å². The van der Waals surface area contributed by atoms with Gasteiger partial charge in [-0.1, -0.05) is 6.07 Å². The van der Waals surface area contributed by atoms with Crippen LogP contribution in [0.4, 0.5) is 0 Å². The fourth-order valence-electron chi connectivity index (χ4n) is 3.82. The van der Waals surface area contributed by atoms with Crippen LogP contribution in [0.25, 0.3) is 10.9 Å². The van der Waals surface area contributed by atoms with Crippen LogP contribution in [-0.4, -0.2) is 37.3 Å². The number of nitrogens with one attached hydrogen (secondary N) is 1. The van der Waals surface area contributed by atoms with E-state index >= 15 is 0 Å². The molecule has 0 aliphatic heterocycles. The number of aromatic nitrogens is 1. The second kappa shape index (κ2) is 10.1. The van der Waals surface area contributed by atoms with Crippen LogP contribution < -0.4 is 10.0 Å². The molecule has 0 fully saturated rings. The number of carbonyl (C=O) groups excluding carboxylic acids is 1. The van der Waals surface area contributed by atoms with Crippen LogP contribution in [0.3, 0.4) is 0 Å². The summed E-state index contributed by atoms with van der Waals surface area (Å²) in [6, 6.07) is 14.4. The summed E-state index contributed by atoms with van der Waals surface area (Å²) in [4.78, 5) is 30.6. The molecule has 0 saturated heterocycles. The van der Waals surface area contributed by atoms with Gasteiger partial charge in [0.1, 0.15) is 0 Å². The Balaban J connectivity index is 1.84. The Hall–Kier alpha value is -2.36. The Bertz CT molecular complexity index is 1100. The molecule has 3 aromatic rings. The van der Waals surface area contributed by atoms with E-state index in [2.05, 4.69) is 50.0 Å². The zero-order valence-electron chi connectivity index (χ0n) is 18.2. The summed E-state index contributed by atoms with van der Waals surface area (Å²) in [5, 5.41) is 2.16. The van der Waals surface area contributed by atoms with Crippen LogP contribution in [-0.2, 0) is 17.8 Å². The number of fused-ring (bicyclic) bond motifs is 1. The molecule has 0 aliphatic carbocycles. The van der Waals surface area contributed by atoms with Crippen molar-refractivity contribution in [2.24, 2.45) is 0 Å². The fourth-order valence-corrected chi connectivity index (χ4v) is 5.37. The molecular weight excluding hydrogens is 439 g/mol. The third kappa shape index (κ3) is 5.41. The first-order valence-corrected chi connectivity index (χ1v) is 12.6. The molecule has 0 bridgehead atoms. The molecule has 0 saturated carbocycles. The van der Waals surface area contributed by atoms with Crippen molar-refractivity contribution < 1.29 is 4.79 Å². The summed E-state index contributed by atoms with van der Waals surface area (Å²) >= 11 is 0.455. The normalized spacial score (nSPS) is 11.1. The van der Waals surface area contributed by atoms with Crippen molar-refractivity contribution in [2.45, 2.75) is 52.4 Å². The molecule has 30 heavy (non-hydrogen) atoms. The Kier molecular flexibility index (Phi) is 7.52.